The number of rotatable bonds is 7. The van der Waals surface area contributed by atoms with Gasteiger partial charge in [-0.2, -0.15) is 4.89 Å². The molecule has 0 saturated heterocycles. The van der Waals surface area contributed by atoms with E-state index in [1.807, 2.05) is 13.8 Å². The first-order chi connectivity index (χ1) is 5.81. The van der Waals surface area contributed by atoms with E-state index in [1.165, 1.54) is 0 Å². The normalized spacial score (nSPS) is 9.83. The highest BCUT2D eigenvalue weighted by molar-refractivity contribution is 5.68. The summed E-state index contributed by atoms with van der Waals surface area (Å²) in [5.41, 5.74) is 0. The van der Waals surface area contributed by atoms with Crippen molar-refractivity contribution in [3.8, 4) is 0 Å². The molecule has 0 bridgehead atoms. The van der Waals surface area contributed by atoms with E-state index in [1.54, 1.807) is 0 Å². The van der Waals surface area contributed by atoms with Crippen molar-refractivity contribution in [2.24, 2.45) is 0 Å². The fourth-order valence-electron chi connectivity index (χ4n) is 0.545. The van der Waals surface area contributed by atoms with Gasteiger partial charge in [-0.05, 0) is 17.9 Å². The minimum absolute atomic E-state index is 0.358. The molecule has 0 N–H and O–H groups in total. The summed E-state index contributed by atoms with van der Waals surface area (Å²) < 4.78 is 0. The van der Waals surface area contributed by atoms with E-state index < -0.39 is 5.97 Å². The van der Waals surface area contributed by atoms with Crippen molar-refractivity contribution < 1.29 is 19.6 Å². The first-order valence-electron chi connectivity index (χ1n) is 4.30. The zero-order chi connectivity index (χ0) is 9.23. The molecule has 12 heavy (non-hydrogen) atoms. The van der Waals surface area contributed by atoms with Crippen LogP contribution in [0, 0.1) is 0 Å². The molecule has 0 amide bonds. The second-order valence-corrected chi connectivity index (χ2v) is 2.45. The Bertz CT molecular complexity index is 114. The molecule has 0 aliphatic carbocycles. The van der Waals surface area contributed by atoms with Crippen LogP contribution in [0.1, 0.15) is 39.5 Å². The van der Waals surface area contributed by atoms with Crippen molar-refractivity contribution in [3.05, 3.63) is 0 Å². The van der Waals surface area contributed by atoms with Gasteiger partial charge in [-0.1, -0.05) is 20.3 Å². The molecule has 72 valence electrons. The number of carbonyl (C=O) groups is 1. The summed E-state index contributed by atoms with van der Waals surface area (Å²) in [5.74, 6) is -0.394. The van der Waals surface area contributed by atoms with Gasteiger partial charge in [0, 0.05) is 6.42 Å². The fraction of sp³-hybridized carbons (Fsp3) is 0.875. The molecular formula is C8H16O4. The molecule has 0 heterocycles. The van der Waals surface area contributed by atoms with Crippen molar-refractivity contribution in [2.75, 3.05) is 6.61 Å². The molecule has 0 aliphatic rings. The molecule has 0 rings (SSSR count). The van der Waals surface area contributed by atoms with Gasteiger partial charge >= 0.3 is 5.97 Å². The monoisotopic (exact) mass is 176 g/mol. The lowest BCUT2D eigenvalue weighted by Crippen LogP contribution is -2.05. The average molecular weight is 176 g/mol. The van der Waals surface area contributed by atoms with E-state index in [4.69, 9.17) is 0 Å². The highest BCUT2D eigenvalue weighted by Crippen LogP contribution is 1.94. The summed E-state index contributed by atoms with van der Waals surface area (Å²) >= 11 is 0. The van der Waals surface area contributed by atoms with Crippen LogP contribution in [-0.4, -0.2) is 12.6 Å². The predicted octanol–water partition coefficient (Wildman–Crippen LogP) is 1.99. The van der Waals surface area contributed by atoms with Crippen molar-refractivity contribution >= 4 is 5.97 Å². The van der Waals surface area contributed by atoms with Gasteiger partial charge in [-0.15, -0.1) is 0 Å². The Hall–Kier alpha value is -0.610. The van der Waals surface area contributed by atoms with Crippen LogP contribution in [0.3, 0.4) is 0 Å². The third kappa shape index (κ3) is 7.50. The second-order valence-electron chi connectivity index (χ2n) is 2.45. The summed E-state index contributed by atoms with van der Waals surface area (Å²) in [4.78, 5) is 19.5. The summed E-state index contributed by atoms with van der Waals surface area (Å²) in [6.07, 6.45) is 3.02. The SMILES string of the molecule is CCCCOOOC(=O)CCC. The Morgan fingerprint density at radius 1 is 1.25 bits per heavy atom. The molecule has 4 heteroatoms. The van der Waals surface area contributed by atoms with Gasteiger partial charge in [0.1, 0.15) is 0 Å². The largest absolute Gasteiger partial charge is 0.345 e. The minimum atomic E-state index is -0.394. The van der Waals surface area contributed by atoms with E-state index >= 15 is 0 Å². The van der Waals surface area contributed by atoms with Crippen LogP contribution in [0.15, 0.2) is 0 Å². The summed E-state index contributed by atoms with van der Waals surface area (Å²) in [5, 5.41) is 4.20. The maximum atomic E-state index is 10.6. The second kappa shape index (κ2) is 8.49. The van der Waals surface area contributed by atoms with Gasteiger partial charge in [0.15, 0.2) is 0 Å². The predicted molar refractivity (Wildman–Crippen MR) is 42.9 cm³/mol. The van der Waals surface area contributed by atoms with Gasteiger partial charge in [0.05, 0.1) is 6.61 Å². The maximum absolute atomic E-state index is 10.6. The number of hydrogen-bond donors (Lipinski definition) is 0. The maximum Gasteiger partial charge on any atom is 0.345 e. The van der Waals surface area contributed by atoms with Crippen molar-refractivity contribution in [1.82, 2.24) is 0 Å². The third-order valence-electron chi connectivity index (χ3n) is 1.21. The number of carbonyl (C=O) groups excluding carboxylic acids is 1. The van der Waals surface area contributed by atoms with E-state index in [0.29, 0.717) is 13.0 Å². The van der Waals surface area contributed by atoms with Crippen molar-refractivity contribution in [1.29, 1.82) is 0 Å². The first kappa shape index (κ1) is 11.4. The Morgan fingerprint density at radius 2 is 2.00 bits per heavy atom. The van der Waals surface area contributed by atoms with Gasteiger partial charge in [-0.25, -0.2) is 4.79 Å². The van der Waals surface area contributed by atoms with E-state index in [-0.39, 0.29) is 0 Å². The van der Waals surface area contributed by atoms with Crippen LogP contribution in [0.5, 0.6) is 0 Å². The minimum Gasteiger partial charge on any atom is -0.269 e. The van der Waals surface area contributed by atoms with Gasteiger partial charge < -0.3 is 0 Å². The Kier molecular flexibility index (Phi) is 8.05. The number of hydrogen-bond acceptors (Lipinski definition) is 4. The molecule has 0 spiro atoms. The van der Waals surface area contributed by atoms with Crippen LogP contribution < -0.4 is 0 Å². The Balaban J connectivity index is 3.03. The van der Waals surface area contributed by atoms with Gasteiger partial charge in [-0.3, -0.25) is 4.89 Å². The molecule has 0 aliphatic heterocycles. The van der Waals surface area contributed by atoms with Crippen LogP contribution in [0.2, 0.25) is 0 Å². The summed E-state index contributed by atoms with van der Waals surface area (Å²) in [6, 6.07) is 0. The zero-order valence-electron chi connectivity index (χ0n) is 7.67. The number of unbranched alkanes of at least 4 members (excludes halogenated alkanes) is 1. The smallest absolute Gasteiger partial charge is 0.269 e. The van der Waals surface area contributed by atoms with Gasteiger partial charge in [0.2, 0.25) is 0 Å². The van der Waals surface area contributed by atoms with E-state index in [9.17, 15) is 4.79 Å². The lowest BCUT2D eigenvalue weighted by molar-refractivity contribution is -0.486. The quantitative estimate of drug-likeness (QED) is 0.338. The molecule has 0 radical (unpaired) electrons. The van der Waals surface area contributed by atoms with Crippen molar-refractivity contribution in [2.45, 2.75) is 39.5 Å². The average Bonchev–Trinajstić information content (AvgIpc) is 2.05. The first-order valence-corrected chi connectivity index (χ1v) is 4.30. The van der Waals surface area contributed by atoms with Crippen LogP contribution >= 0.6 is 0 Å². The lowest BCUT2D eigenvalue weighted by atomic mass is 10.3. The van der Waals surface area contributed by atoms with Crippen LogP contribution in [0.4, 0.5) is 0 Å². The lowest BCUT2D eigenvalue weighted by Gasteiger charge is -2.00. The standard InChI is InChI=1S/C8H16O4/c1-3-5-7-10-12-11-8(9)6-4-2/h3-7H2,1-2H3. The van der Waals surface area contributed by atoms with Crippen molar-refractivity contribution in [3.63, 3.8) is 0 Å². The summed E-state index contributed by atoms with van der Waals surface area (Å²) in [6.45, 7) is 4.38. The molecule has 0 atom stereocenters. The molecule has 4 nitrogen and oxygen atoms in total. The van der Waals surface area contributed by atoms with E-state index in [0.717, 1.165) is 19.3 Å². The molecule has 0 unspecified atom stereocenters. The third-order valence-corrected chi connectivity index (χ3v) is 1.21. The molecular weight excluding hydrogens is 160 g/mol. The molecule has 0 aromatic heterocycles. The van der Waals surface area contributed by atoms with Crippen LogP contribution in [-0.2, 0) is 19.6 Å². The molecule has 0 saturated carbocycles. The van der Waals surface area contributed by atoms with Crippen LogP contribution in [0.25, 0.3) is 0 Å². The molecule has 0 fully saturated rings. The highest BCUT2D eigenvalue weighted by atomic mass is 17.5. The highest BCUT2D eigenvalue weighted by Gasteiger charge is 2.01. The molecule has 0 aromatic rings. The topological polar surface area (TPSA) is 44.8 Å². The van der Waals surface area contributed by atoms with Gasteiger partial charge in [0.25, 0.3) is 0 Å². The fourth-order valence-corrected chi connectivity index (χ4v) is 0.545. The Morgan fingerprint density at radius 3 is 2.58 bits per heavy atom. The zero-order valence-corrected chi connectivity index (χ0v) is 7.67. The van der Waals surface area contributed by atoms with E-state index in [2.05, 4.69) is 14.8 Å². The molecule has 0 aromatic carbocycles. The Labute approximate surface area is 72.7 Å². The summed E-state index contributed by atoms with van der Waals surface area (Å²) in [7, 11) is 0.